The SMILES string of the molecule is CC(=O)Oc1c2ccccc2cc2cc(Cl)ccc12. The fourth-order valence-corrected chi connectivity index (χ4v) is 2.44. The maximum absolute atomic E-state index is 11.3. The molecule has 0 fully saturated rings. The predicted octanol–water partition coefficient (Wildman–Crippen LogP) is 4.57. The summed E-state index contributed by atoms with van der Waals surface area (Å²) in [5.74, 6) is 0.268. The van der Waals surface area contributed by atoms with Gasteiger partial charge in [-0.15, -0.1) is 0 Å². The first-order valence-electron chi connectivity index (χ1n) is 5.94. The largest absolute Gasteiger partial charge is 0.425 e. The van der Waals surface area contributed by atoms with Gasteiger partial charge in [0.2, 0.25) is 0 Å². The standard InChI is InChI=1S/C16H11ClO2/c1-10(18)19-16-14-5-3-2-4-11(14)8-12-9-13(17)6-7-15(12)16/h2-9H,1H3. The van der Waals surface area contributed by atoms with Crippen molar-refractivity contribution in [3.05, 3.63) is 53.6 Å². The van der Waals surface area contributed by atoms with Crippen LogP contribution in [0.15, 0.2) is 48.5 Å². The summed E-state index contributed by atoms with van der Waals surface area (Å²) in [6.45, 7) is 1.41. The molecule has 0 aliphatic rings. The molecule has 94 valence electrons. The minimum absolute atomic E-state index is 0.326. The molecular weight excluding hydrogens is 260 g/mol. The van der Waals surface area contributed by atoms with Crippen LogP contribution >= 0.6 is 11.6 Å². The second kappa shape index (κ2) is 4.56. The minimum Gasteiger partial charge on any atom is -0.425 e. The number of fused-ring (bicyclic) bond motifs is 2. The van der Waals surface area contributed by atoms with Crippen molar-refractivity contribution in [3.8, 4) is 5.75 Å². The fourth-order valence-electron chi connectivity index (χ4n) is 2.26. The van der Waals surface area contributed by atoms with Gasteiger partial charge in [-0.05, 0) is 35.0 Å². The number of hydrogen-bond donors (Lipinski definition) is 0. The van der Waals surface area contributed by atoms with Gasteiger partial charge >= 0.3 is 5.97 Å². The van der Waals surface area contributed by atoms with Crippen molar-refractivity contribution in [1.29, 1.82) is 0 Å². The van der Waals surface area contributed by atoms with E-state index in [2.05, 4.69) is 0 Å². The first-order valence-corrected chi connectivity index (χ1v) is 6.32. The van der Waals surface area contributed by atoms with E-state index in [1.807, 2.05) is 42.5 Å². The van der Waals surface area contributed by atoms with Crippen molar-refractivity contribution in [1.82, 2.24) is 0 Å². The predicted molar refractivity (Wildman–Crippen MR) is 77.8 cm³/mol. The summed E-state index contributed by atoms with van der Waals surface area (Å²) in [5.41, 5.74) is 0. The fraction of sp³-hybridized carbons (Fsp3) is 0.0625. The number of carbonyl (C=O) groups excluding carboxylic acids is 1. The van der Waals surface area contributed by atoms with E-state index in [0.29, 0.717) is 10.8 Å². The van der Waals surface area contributed by atoms with E-state index in [1.165, 1.54) is 6.92 Å². The molecule has 0 radical (unpaired) electrons. The summed E-state index contributed by atoms with van der Waals surface area (Å²) >= 11 is 6.02. The molecule has 0 N–H and O–H groups in total. The van der Waals surface area contributed by atoms with Crippen LogP contribution < -0.4 is 4.74 Å². The lowest BCUT2D eigenvalue weighted by Gasteiger charge is -2.10. The molecular formula is C16H11ClO2. The van der Waals surface area contributed by atoms with E-state index < -0.39 is 0 Å². The van der Waals surface area contributed by atoms with Gasteiger partial charge in [0.05, 0.1) is 0 Å². The van der Waals surface area contributed by atoms with Gasteiger partial charge in [-0.2, -0.15) is 0 Å². The van der Waals surface area contributed by atoms with Crippen molar-refractivity contribution in [2.45, 2.75) is 6.92 Å². The maximum atomic E-state index is 11.3. The molecule has 0 spiro atoms. The number of halogens is 1. The van der Waals surface area contributed by atoms with Crippen molar-refractivity contribution in [3.63, 3.8) is 0 Å². The van der Waals surface area contributed by atoms with Crippen LogP contribution in [-0.2, 0) is 4.79 Å². The highest BCUT2D eigenvalue weighted by atomic mass is 35.5. The Morgan fingerprint density at radius 2 is 1.74 bits per heavy atom. The van der Waals surface area contributed by atoms with Crippen LogP contribution in [0.4, 0.5) is 0 Å². The average Bonchev–Trinajstić information content (AvgIpc) is 2.37. The molecule has 0 heterocycles. The molecule has 0 saturated heterocycles. The summed E-state index contributed by atoms with van der Waals surface area (Å²) in [5, 5.41) is 4.46. The third kappa shape index (κ3) is 2.15. The smallest absolute Gasteiger partial charge is 0.308 e. The summed E-state index contributed by atoms with van der Waals surface area (Å²) in [4.78, 5) is 11.3. The third-order valence-corrected chi connectivity index (χ3v) is 3.26. The van der Waals surface area contributed by atoms with Gasteiger partial charge < -0.3 is 4.74 Å². The Balaban J connectivity index is 2.45. The molecule has 0 aliphatic heterocycles. The van der Waals surface area contributed by atoms with Crippen molar-refractivity contribution in [2.24, 2.45) is 0 Å². The van der Waals surface area contributed by atoms with Crippen LogP contribution in [0, 0.1) is 0 Å². The lowest BCUT2D eigenvalue weighted by Crippen LogP contribution is -2.02. The van der Waals surface area contributed by atoms with Crippen LogP contribution in [0.2, 0.25) is 5.02 Å². The van der Waals surface area contributed by atoms with E-state index >= 15 is 0 Å². The quantitative estimate of drug-likeness (QED) is 0.368. The Bertz CT molecular complexity index is 793. The second-order valence-corrected chi connectivity index (χ2v) is 4.82. The molecule has 3 aromatic rings. The monoisotopic (exact) mass is 270 g/mol. The highest BCUT2D eigenvalue weighted by Gasteiger charge is 2.10. The molecule has 3 rings (SSSR count). The van der Waals surface area contributed by atoms with Crippen LogP contribution in [0.1, 0.15) is 6.92 Å². The van der Waals surface area contributed by atoms with Gasteiger partial charge in [-0.25, -0.2) is 0 Å². The van der Waals surface area contributed by atoms with Crippen molar-refractivity contribution >= 4 is 39.1 Å². The summed E-state index contributed by atoms with van der Waals surface area (Å²) in [6, 6.07) is 15.4. The number of benzene rings is 3. The average molecular weight is 271 g/mol. The van der Waals surface area contributed by atoms with Crippen LogP contribution in [0.5, 0.6) is 5.75 Å². The molecule has 2 nitrogen and oxygen atoms in total. The van der Waals surface area contributed by atoms with Crippen molar-refractivity contribution < 1.29 is 9.53 Å². The van der Waals surface area contributed by atoms with E-state index in [4.69, 9.17) is 16.3 Å². The number of carbonyl (C=O) groups is 1. The zero-order chi connectivity index (χ0) is 13.4. The molecule has 19 heavy (non-hydrogen) atoms. The van der Waals surface area contributed by atoms with Crippen LogP contribution in [-0.4, -0.2) is 5.97 Å². The maximum Gasteiger partial charge on any atom is 0.308 e. The Morgan fingerprint density at radius 3 is 2.53 bits per heavy atom. The van der Waals surface area contributed by atoms with Gasteiger partial charge in [0.25, 0.3) is 0 Å². The van der Waals surface area contributed by atoms with Gasteiger partial charge in [0.15, 0.2) is 0 Å². The lowest BCUT2D eigenvalue weighted by atomic mass is 10.0. The van der Waals surface area contributed by atoms with E-state index in [-0.39, 0.29) is 5.97 Å². The number of esters is 1. The zero-order valence-electron chi connectivity index (χ0n) is 10.3. The second-order valence-electron chi connectivity index (χ2n) is 4.39. The first-order chi connectivity index (χ1) is 9.15. The lowest BCUT2D eigenvalue weighted by molar-refractivity contribution is -0.131. The first kappa shape index (κ1) is 12.0. The number of hydrogen-bond acceptors (Lipinski definition) is 2. The molecule has 0 amide bonds. The Labute approximate surface area is 115 Å². The minimum atomic E-state index is -0.326. The van der Waals surface area contributed by atoms with E-state index in [1.54, 1.807) is 6.07 Å². The van der Waals surface area contributed by atoms with Crippen LogP contribution in [0.3, 0.4) is 0 Å². The Kier molecular flexibility index (Phi) is 2.88. The Hall–Kier alpha value is -2.06. The van der Waals surface area contributed by atoms with Gasteiger partial charge in [-0.1, -0.05) is 35.9 Å². The molecule has 0 bridgehead atoms. The third-order valence-electron chi connectivity index (χ3n) is 3.02. The van der Waals surface area contributed by atoms with Gasteiger partial charge in [0, 0.05) is 22.7 Å². The number of rotatable bonds is 1. The summed E-state index contributed by atoms with van der Waals surface area (Å²) in [7, 11) is 0. The topological polar surface area (TPSA) is 26.3 Å². The highest BCUT2D eigenvalue weighted by Crippen LogP contribution is 2.36. The van der Waals surface area contributed by atoms with Gasteiger partial charge in [-0.3, -0.25) is 4.79 Å². The summed E-state index contributed by atoms with van der Waals surface area (Å²) in [6.07, 6.45) is 0. The van der Waals surface area contributed by atoms with Crippen molar-refractivity contribution in [2.75, 3.05) is 0 Å². The highest BCUT2D eigenvalue weighted by molar-refractivity contribution is 6.31. The van der Waals surface area contributed by atoms with Crippen LogP contribution in [0.25, 0.3) is 21.5 Å². The Morgan fingerprint density at radius 1 is 1.00 bits per heavy atom. The molecule has 0 saturated carbocycles. The molecule has 0 unspecified atom stereocenters. The summed E-state index contributed by atoms with van der Waals surface area (Å²) < 4.78 is 5.40. The van der Waals surface area contributed by atoms with Gasteiger partial charge in [0.1, 0.15) is 5.75 Å². The molecule has 0 aromatic heterocycles. The normalized spacial score (nSPS) is 10.8. The van der Waals surface area contributed by atoms with E-state index in [9.17, 15) is 4.79 Å². The molecule has 0 aliphatic carbocycles. The van der Waals surface area contributed by atoms with E-state index in [0.717, 1.165) is 21.5 Å². The molecule has 3 aromatic carbocycles. The number of ether oxygens (including phenoxy) is 1. The molecule has 0 atom stereocenters. The zero-order valence-corrected chi connectivity index (χ0v) is 11.1. The molecule has 3 heteroatoms.